The lowest BCUT2D eigenvalue weighted by molar-refractivity contribution is -0.133. The highest BCUT2D eigenvalue weighted by atomic mass is 127. The number of halogens is 1. The Bertz CT molecular complexity index is 370. The summed E-state index contributed by atoms with van der Waals surface area (Å²) in [5.41, 5.74) is 2.83. The van der Waals surface area contributed by atoms with Crippen molar-refractivity contribution in [3.8, 4) is 0 Å². The number of hydrogen-bond donors (Lipinski definition) is 2. The summed E-state index contributed by atoms with van der Waals surface area (Å²) in [5.74, 6) is 0.529. The minimum absolute atomic E-state index is 0.142. The predicted molar refractivity (Wildman–Crippen MR) is 72.4 cm³/mol. The average Bonchev–Trinajstić information content (AvgIpc) is 2.75. The van der Waals surface area contributed by atoms with E-state index >= 15 is 0 Å². The van der Waals surface area contributed by atoms with Crippen LogP contribution < -0.4 is 10.6 Å². The average molecular weight is 348 g/mol. The van der Waals surface area contributed by atoms with Gasteiger partial charge in [0.15, 0.2) is 23.0 Å². The molecule has 1 saturated carbocycles. The maximum Gasteiger partial charge on any atom is 0.332 e. The van der Waals surface area contributed by atoms with Crippen molar-refractivity contribution in [3.05, 3.63) is 11.3 Å². The van der Waals surface area contributed by atoms with Crippen LogP contribution in [0.25, 0.3) is 0 Å². The minimum atomic E-state index is -0.145. The molecule has 0 aromatic heterocycles. The van der Waals surface area contributed by atoms with Crippen molar-refractivity contribution in [2.45, 2.75) is 44.2 Å². The lowest BCUT2D eigenvalue weighted by Crippen LogP contribution is -2.42. The summed E-state index contributed by atoms with van der Waals surface area (Å²) in [6.45, 7) is 0.790. The van der Waals surface area contributed by atoms with Gasteiger partial charge in [-0.15, -0.1) is 0 Å². The van der Waals surface area contributed by atoms with Crippen LogP contribution >= 0.6 is 23.0 Å². The first-order valence-corrected chi connectivity index (χ1v) is 7.22. The zero-order valence-electron chi connectivity index (χ0n) is 9.67. The van der Waals surface area contributed by atoms with Gasteiger partial charge in [0.2, 0.25) is 0 Å². The molecule has 3 aliphatic rings. The molecule has 0 bridgehead atoms. The number of fused-ring (bicyclic) bond motifs is 2. The first-order valence-electron chi connectivity index (χ1n) is 6.34. The summed E-state index contributed by atoms with van der Waals surface area (Å²) in [4.78, 5) is 11.6. The van der Waals surface area contributed by atoms with E-state index in [-0.39, 0.29) is 12.0 Å². The first kappa shape index (κ1) is 11.8. The maximum absolute atomic E-state index is 11.6. The van der Waals surface area contributed by atoms with Crippen LogP contribution in [0, 0.1) is 5.92 Å². The Morgan fingerprint density at radius 2 is 2.18 bits per heavy atom. The van der Waals surface area contributed by atoms with E-state index in [0.29, 0.717) is 12.0 Å². The molecule has 0 spiro atoms. The van der Waals surface area contributed by atoms with Crippen LogP contribution in [0.4, 0.5) is 0 Å². The van der Waals surface area contributed by atoms with Gasteiger partial charge in [0, 0.05) is 24.2 Å². The van der Waals surface area contributed by atoms with Crippen LogP contribution in [0.2, 0.25) is 0 Å². The molecule has 5 heteroatoms. The number of carbonyl (C=O) groups is 1. The van der Waals surface area contributed by atoms with Crippen molar-refractivity contribution < 1.29 is 7.86 Å². The Morgan fingerprint density at radius 3 is 3.00 bits per heavy atom. The van der Waals surface area contributed by atoms with Gasteiger partial charge in [-0.1, -0.05) is 12.8 Å². The van der Waals surface area contributed by atoms with Crippen LogP contribution in [-0.4, -0.2) is 24.6 Å². The van der Waals surface area contributed by atoms with E-state index < -0.39 is 0 Å². The Labute approximate surface area is 115 Å². The smallest absolute Gasteiger partial charge is 0.332 e. The monoisotopic (exact) mass is 348 g/mol. The molecule has 0 aromatic rings. The van der Waals surface area contributed by atoms with Gasteiger partial charge in [0.25, 0.3) is 0 Å². The second-order valence-corrected chi connectivity index (χ2v) is 5.62. The molecule has 2 N–H and O–H groups in total. The van der Waals surface area contributed by atoms with Gasteiger partial charge in [-0.2, -0.15) is 0 Å². The van der Waals surface area contributed by atoms with Crippen molar-refractivity contribution in [2.24, 2.45) is 5.92 Å². The summed E-state index contributed by atoms with van der Waals surface area (Å²) < 4.78 is 4.80. The largest absolute Gasteiger partial charge is 0.393 e. The first-order chi connectivity index (χ1) is 8.29. The molecule has 1 fully saturated rings. The molecule has 3 atom stereocenters. The summed E-state index contributed by atoms with van der Waals surface area (Å²) in [6, 6.07) is 0.484. The third-order valence-corrected chi connectivity index (χ3v) is 4.70. The second-order valence-electron chi connectivity index (χ2n) is 5.18. The van der Waals surface area contributed by atoms with Gasteiger partial charge in [0.05, 0.1) is 0 Å². The highest BCUT2D eigenvalue weighted by Gasteiger charge is 2.40. The molecule has 94 valence electrons. The van der Waals surface area contributed by atoms with Crippen LogP contribution in [0.3, 0.4) is 0 Å². The standard InChI is InChI=1S/C12H17IN2O2/c13-17-12(16)10-5-8-7-3-1-2-4-9(7)15-11(8)6-14-10/h7,9-10,14-15H,1-6H2. The van der Waals surface area contributed by atoms with Gasteiger partial charge in [-0.25, -0.2) is 4.79 Å². The van der Waals surface area contributed by atoms with Crippen LogP contribution in [0.15, 0.2) is 11.3 Å². The summed E-state index contributed by atoms with van der Waals surface area (Å²) in [7, 11) is 0. The van der Waals surface area contributed by atoms with E-state index in [4.69, 9.17) is 3.07 Å². The van der Waals surface area contributed by atoms with Crippen LogP contribution in [-0.2, 0) is 7.86 Å². The molecule has 3 unspecified atom stereocenters. The van der Waals surface area contributed by atoms with E-state index in [9.17, 15) is 4.79 Å². The van der Waals surface area contributed by atoms with Gasteiger partial charge in [0.1, 0.15) is 6.04 Å². The molecule has 3 rings (SSSR count). The van der Waals surface area contributed by atoms with Gasteiger partial charge >= 0.3 is 5.97 Å². The van der Waals surface area contributed by atoms with E-state index in [1.54, 1.807) is 23.0 Å². The fraction of sp³-hybridized carbons (Fsp3) is 0.750. The zero-order chi connectivity index (χ0) is 11.8. The summed E-state index contributed by atoms with van der Waals surface area (Å²) in [5, 5.41) is 6.89. The minimum Gasteiger partial charge on any atom is -0.393 e. The SMILES string of the molecule is O=C(OI)C1CC2=C(CN1)NC1CCCCC21. The molecule has 0 saturated heterocycles. The predicted octanol–water partition coefficient (Wildman–Crippen LogP) is 1.66. The fourth-order valence-corrected chi connectivity index (χ4v) is 3.74. The number of nitrogens with one attached hydrogen (secondary N) is 2. The molecule has 17 heavy (non-hydrogen) atoms. The Hall–Kier alpha value is -0.300. The molecular formula is C12H17IN2O2. The number of rotatable bonds is 1. The fourth-order valence-electron chi connectivity index (χ4n) is 3.44. The van der Waals surface area contributed by atoms with Crippen LogP contribution in [0.5, 0.6) is 0 Å². The highest BCUT2D eigenvalue weighted by molar-refractivity contribution is 14.1. The quantitative estimate of drug-likeness (QED) is 0.708. The third-order valence-electron chi connectivity index (χ3n) is 4.27. The van der Waals surface area contributed by atoms with Crippen molar-refractivity contribution in [3.63, 3.8) is 0 Å². The third kappa shape index (κ3) is 2.07. The molecule has 4 nitrogen and oxygen atoms in total. The second kappa shape index (κ2) is 4.76. The Kier molecular flexibility index (Phi) is 3.30. The van der Waals surface area contributed by atoms with E-state index in [2.05, 4.69) is 10.6 Å². The molecule has 2 aliphatic heterocycles. The van der Waals surface area contributed by atoms with Gasteiger partial charge in [-0.3, -0.25) is 5.32 Å². The molecule has 0 aromatic carbocycles. The molecular weight excluding hydrogens is 331 g/mol. The topological polar surface area (TPSA) is 50.4 Å². The van der Waals surface area contributed by atoms with Gasteiger partial charge < -0.3 is 8.38 Å². The molecule has 0 amide bonds. The molecule has 2 heterocycles. The Balaban J connectivity index is 1.76. The maximum atomic E-state index is 11.6. The van der Waals surface area contributed by atoms with Crippen molar-refractivity contribution in [1.82, 2.24) is 10.6 Å². The molecule has 0 radical (unpaired) electrons. The van der Waals surface area contributed by atoms with Crippen molar-refractivity contribution in [2.75, 3.05) is 6.54 Å². The Morgan fingerprint density at radius 1 is 1.35 bits per heavy atom. The molecule has 1 aliphatic carbocycles. The number of hydrogen-bond acceptors (Lipinski definition) is 4. The van der Waals surface area contributed by atoms with E-state index in [0.717, 1.165) is 13.0 Å². The normalized spacial score (nSPS) is 35.9. The highest BCUT2D eigenvalue weighted by Crippen LogP contribution is 2.39. The van der Waals surface area contributed by atoms with Gasteiger partial charge in [-0.05, 0) is 24.8 Å². The zero-order valence-corrected chi connectivity index (χ0v) is 11.8. The van der Waals surface area contributed by atoms with E-state index in [1.165, 1.54) is 37.0 Å². The van der Waals surface area contributed by atoms with Crippen molar-refractivity contribution >= 4 is 29.0 Å². The summed E-state index contributed by atoms with van der Waals surface area (Å²) in [6.07, 6.45) is 6.04. The van der Waals surface area contributed by atoms with Crippen LogP contribution in [0.1, 0.15) is 32.1 Å². The number of carbonyl (C=O) groups excluding carboxylic acids is 1. The van der Waals surface area contributed by atoms with E-state index in [1.807, 2.05) is 0 Å². The lowest BCUT2D eigenvalue weighted by Gasteiger charge is -2.28. The van der Waals surface area contributed by atoms with Crippen molar-refractivity contribution in [1.29, 1.82) is 0 Å². The lowest BCUT2D eigenvalue weighted by atomic mass is 9.79. The summed E-state index contributed by atoms with van der Waals surface area (Å²) >= 11 is 1.67.